The standard InChI is InChI=1S/C20H24N2O2S2/c1-25-19-21-16(13-26-19)18(23)22-12-11-20(24,14-7-3-2-4-8-14)15-9-5-6-10-17(15)22/h2-4,7-8,13,15,17,24H,5-6,9-12H2,1H3/t15-,17?,20+/m0/s1. The fraction of sp³-hybridized carbons (Fsp3) is 0.500. The van der Waals surface area contributed by atoms with Gasteiger partial charge in [-0.1, -0.05) is 54.9 Å². The third-order valence-electron chi connectivity index (χ3n) is 5.89. The molecular weight excluding hydrogens is 364 g/mol. The number of aromatic nitrogens is 1. The van der Waals surface area contributed by atoms with Crippen molar-refractivity contribution >= 4 is 29.0 Å². The number of piperidine rings is 1. The van der Waals surface area contributed by atoms with Crippen LogP contribution in [0.1, 0.15) is 48.2 Å². The van der Waals surface area contributed by atoms with Crippen LogP contribution in [0.3, 0.4) is 0 Å². The lowest BCUT2D eigenvalue weighted by molar-refractivity contribution is -0.110. The van der Waals surface area contributed by atoms with E-state index in [1.807, 2.05) is 46.9 Å². The van der Waals surface area contributed by atoms with Crippen LogP contribution in [0.5, 0.6) is 0 Å². The third kappa shape index (κ3) is 3.08. The molecule has 2 aliphatic rings. The van der Waals surface area contributed by atoms with Gasteiger partial charge in [0.1, 0.15) is 10.0 Å². The lowest BCUT2D eigenvalue weighted by Gasteiger charge is -2.52. The van der Waals surface area contributed by atoms with Crippen LogP contribution in [0.15, 0.2) is 40.1 Å². The lowest BCUT2D eigenvalue weighted by Crippen LogP contribution is -2.59. The number of hydrogen-bond donors (Lipinski definition) is 1. The number of aliphatic hydroxyl groups is 1. The second-order valence-corrected chi connectivity index (χ2v) is 9.11. The maximum Gasteiger partial charge on any atom is 0.273 e. The first-order chi connectivity index (χ1) is 12.6. The highest BCUT2D eigenvalue weighted by Gasteiger charge is 2.50. The number of hydrogen-bond acceptors (Lipinski definition) is 5. The zero-order chi connectivity index (χ0) is 18.1. The van der Waals surface area contributed by atoms with Crippen LogP contribution >= 0.6 is 23.1 Å². The molecule has 1 unspecified atom stereocenters. The van der Waals surface area contributed by atoms with Gasteiger partial charge in [-0.2, -0.15) is 0 Å². The summed E-state index contributed by atoms with van der Waals surface area (Å²) < 4.78 is 0.923. The minimum absolute atomic E-state index is 0.0218. The van der Waals surface area contributed by atoms with Crippen molar-refractivity contribution in [3.63, 3.8) is 0 Å². The second-order valence-electron chi connectivity index (χ2n) is 7.20. The first-order valence-corrected chi connectivity index (χ1v) is 11.3. The number of thiazole rings is 1. The minimum atomic E-state index is -0.838. The maximum atomic E-state index is 13.1. The molecular formula is C20H24N2O2S2. The molecule has 3 atom stereocenters. The second kappa shape index (κ2) is 7.33. The van der Waals surface area contributed by atoms with Crippen molar-refractivity contribution in [3.05, 3.63) is 47.0 Å². The summed E-state index contributed by atoms with van der Waals surface area (Å²) in [5.41, 5.74) is 0.700. The molecule has 0 radical (unpaired) electrons. The summed E-state index contributed by atoms with van der Waals surface area (Å²) in [6.45, 7) is 0.581. The summed E-state index contributed by atoms with van der Waals surface area (Å²) in [5.74, 6) is 0.114. The van der Waals surface area contributed by atoms with E-state index in [1.165, 1.54) is 11.3 Å². The monoisotopic (exact) mass is 388 g/mol. The normalized spacial score (nSPS) is 28.6. The summed E-state index contributed by atoms with van der Waals surface area (Å²) in [4.78, 5) is 19.6. The molecule has 6 heteroatoms. The average molecular weight is 389 g/mol. The average Bonchev–Trinajstić information content (AvgIpc) is 3.18. The number of fused-ring (bicyclic) bond motifs is 1. The molecule has 1 N–H and O–H groups in total. The van der Waals surface area contributed by atoms with Gasteiger partial charge in [0, 0.05) is 23.9 Å². The molecule has 0 bridgehead atoms. The predicted octanol–water partition coefficient (Wildman–Crippen LogP) is 4.16. The van der Waals surface area contributed by atoms with Gasteiger partial charge in [0.05, 0.1) is 5.60 Å². The molecule has 1 saturated carbocycles. The zero-order valence-corrected chi connectivity index (χ0v) is 16.6. The van der Waals surface area contributed by atoms with Gasteiger partial charge in [-0.3, -0.25) is 4.79 Å². The van der Waals surface area contributed by atoms with E-state index in [0.29, 0.717) is 18.7 Å². The van der Waals surface area contributed by atoms with Gasteiger partial charge in [0.15, 0.2) is 0 Å². The van der Waals surface area contributed by atoms with Crippen molar-refractivity contribution in [1.82, 2.24) is 9.88 Å². The van der Waals surface area contributed by atoms with Crippen LogP contribution in [-0.4, -0.2) is 39.7 Å². The summed E-state index contributed by atoms with van der Waals surface area (Å²) in [7, 11) is 0. The Kier molecular flexibility index (Phi) is 5.08. The smallest absolute Gasteiger partial charge is 0.273 e. The van der Waals surface area contributed by atoms with Gasteiger partial charge in [-0.15, -0.1) is 11.3 Å². The number of carbonyl (C=O) groups is 1. The van der Waals surface area contributed by atoms with E-state index < -0.39 is 5.60 Å². The summed E-state index contributed by atoms with van der Waals surface area (Å²) in [6.07, 6.45) is 6.72. The van der Waals surface area contributed by atoms with Crippen LogP contribution in [0.2, 0.25) is 0 Å². The molecule has 2 heterocycles. The molecule has 0 spiro atoms. The van der Waals surface area contributed by atoms with E-state index in [2.05, 4.69) is 4.98 Å². The molecule has 1 aliphatic heterocycles. The van der Waals surface area contributed by atoms with Crippen molar-refractivity contribution < 1.29 is 9.90 Å². The zero-order valence-electron chi connectivity index (χ0n) is 14.9. The van der Waals surface area contributed by atoms with Crippen molar-refractivity contribution in [2.45, 2.75) is 48.1 Å². The lowest BCUT2D eigenvalue weighted by atomic mass is 9.66. The highest BCUT2D eigenvalue weighted by atomic mass is 32.2. The molecule has 1 aliphatic carbocycles. The first kappa shape index (κ1) is 18.0. The van der Waals surface area contributed by atoms with Crippen molar-refractivity contribution in [1.29, 1.82) is 0 Å². The molecule has 1 aromatic carbocycles. The topological polar surface area (TPSA) is 53.4 Å². The van der Waals surface area contributed by atoms with Gasteiger partial charge in [-0.25, -0.2) is 4.98 Å². The van der Waals surface area contributed by atoms with Gasteiger partial charge in [-0.05, 0) is 31.1 Å². The number of benzene rings is 1. The van der Waals surface area contributed by atoms with E-state index in [0.717, 1.165) is 35.6 Å². The summed E-state index contributed by atoms with van der Waals surface area (Å²) >= 11 is 3.09. The van der Waals surface area contributed by atoms with Crippen LogP contribution in [0, 0.1) is 5.92 Å². The third-order valence-corrected chi connectivity index (χ3v) is 7.75. The molecule has 1 amide bonds. The molecule has 4 rings (SSSR count). The fourth-order valence-corrected chi connectivity index (χ4v) is 5.85. The molecule has 138 valence electrons. The Labute approximate surface area is 162 Å². The fourth-order valence-electron chi connectivity index (χ4n) is 4.62. The highest BCUT2D eigenvalue weighted by Crippen LogP contribution is 2.47. The molecule has 4 nitrogen and oxygen atoms in total. The number of rotatable bonds is 3. The van der Waals surface area contributed by atoms with Crippen molar-refractivity contribution in [2.75, 3.05) is 12.8 Å². The van der Waals surface area contributed by atoms with E-state index >= 15 is 0 Å². The van der Waals surface area contributed by atoms with Gasteiger partial charge in [0.25, 0.3) is 5.91 Å². The summed E-state index contributed by atoms with van der Waals surface area (Å²) in [6, 6.07) is 10.1. The Bertz CT molecular complexity index is 779. The summed E-state index contributed by atoms with van der Waals surface area (Å²) in [5, 5.41) is 13.5. The Morgan fingerprint density at radius 1 is 1.31 bits per heavy atom. The van der Waals surface area contributed by atoms with E-state index in [-0.39, 0.29) is 17.9 Å². The van der Waals surface area contributed by atoms with Crippen LogP contribution in [0.25, 0.3) is 0 Å². The Morgan fingerprint density at radius 2 is 2.08 bits per heavy atom. The maximum absolute atomic E-state index is 13.1. The number of carbonyl (C=O) groups excluding carboxylic acids is 1. The molecule has 1 aromatic heterocycles. The predicted molar refractivity (Wildman–Crippen MR) is 106 cm³/mol. The minimum Gasteiger partial charge on any atom is -0.385 e. The Hall–Kier alpha value is -1.37. The van der Waals surface area contributed by atoms with Crippen molar-refractivity contribution in [3.8, 4) is 0 Å². The van der Waals surface area contributed by atoms with Crippen LogP contribution in [-0.2, 0) is 5.60 Å². The number of thioether (sulfide) groups is 1. The molecule has 2 aromatic rings. The SMILES string of the molecule is CSc1nc(C(=O)N2CC[C@@](O)(c3ccccc3)[C@H]3CCCCC32)cs1. The molecule has 26 heavy (non-hydrogen) atoms. The van der Waals surface area contributed by atoms with E-state index in [4.69, 9.17) is 0 Å². The van der Waals surface area contributed by atoms with E-state index in [9.17, 15) is 9.90 Å². The van der Waals surface area contributed by atoms with Crippen molar-refractivity contribution in [2.24, 2.45) is 5.92 Å². The number of likely N-dealkylation sites (tertiary alicyclic amines) is 1. The Morgan fingerprint density at radius 3 is 2.81 bits per heavy atom. The quantitative estimate of drug-likeness (QED) is 0.802. The van der Waals surface area contributed by atoms with Gasteiger partial charge >= 0.3 is 0 Å². The van der Waals surface area contributed by atoms with E-state index in [1.54, 1.807) is 11.8 Å². The van der Waals surface area contributed by atoms with Crippen LogP contribution in [0.4, 0.5) is 0 Å². The molecule has 2 fully saturated rings. The Balaban J connectivity index is 1.63. The number of nitrogens with zero attached hydrogens (tertiary/aromatic N) is 2. The van der Waals surface area contributed by atoms with Crippen LogP contribution < -0.4 is 0 Å². The highest BCUT2D eigenvalue weighted by molar-refractivity contribution is 8.00. The number of amides is 1. The largest absolute Gasteiger partial charge is 0.385 e. The first-order valence-electron chi connectivity index (χ1n) is 9.22. The molecule has 1 saturated heterocycles. The van der Waals surface area contributed by atoms with Gasteiger partial charge in [0.2, 0.25) is 0 Å². The van der Waals surface area contributed by atoms with Gasteiger partial charge < -0.3 is 10.0 Å².